The van der Waals surface area contributed by atoms with Crippen molar-refractivity contribution < 1.29 is 14.6 Å². The fraction of sp³-hybridized carbons (Fsp3) is 0.174. The van der Waals surface area contributed by atoms with Crippen LogP contribution in [0, 0.1) is 6.92 Å². The predicted octanol–water partition coefficient (Wildman–Crippen LogP) is 4.95. The highest BCUT2D eigenvalue weighted by Gasteiger charge is 2.13. The van der Waals surface area contributed by atoms with E-state index in [2.05, 4.69) is 5.32 Å². The first-order valence-corrected chi connectivity index (χ1v) is 9.06. The number of rotatable bonds is 5. The van der Waals surface area contributed by atoms with E-state index in [0.29, 0.717) is 0 Å². The van der Waals surface area contributed by atoms with Crippen LogP contribution in [0.1, 0.15) is 11.1 Å². The number of benzene rings is 3. The van der Waals surface area contributed by atoms with Gasteiger partial charge in [0.2, 0.25) is 0 Å². The zero-order valence-corrected chi connectivity index (χ0v) is 16.1. The fourth-order valence-electron chi connectivity index (χ4n) is 3.43. The number of aryl methyl sites for hydroxylation is 1. The number of hydrogen-bond acceptors (Lipinski definition) is 5. The van der Waals surface area contributed by atoms with Crippen molar-refractivity contribution in [2.24, 2.45) is 0 Å². The Kier molecular flexibility index (Phi) is 4.75. The summed E-state index contributed by atoms with van der Waals surface area (Å²) in [5, 5.41) is 14.9. The Hall–Kier alpha value is -3.31. The molecule has 1 heterocycles. The quantitative estimate of drug-likeness (QED) is 0.484. The maximum absolute atomic E-state index is 9.47. The molecule has 0 saturated carbocycles. The Labute approximate surface area is 163 Å². The van der Waals surface area contributed by atoms with E-state index in [1.54, 1.807) is 14.2 Å². The number of ether oxygens (including phenoxy) is 2. The number of aliphatic hydroxyl groups excluding tert-OH is 1. The van der Waals surface area contributed by atoms with Crippen molar-refractivity contribution in [2.75, 3.05) is 19.5 Å². The average Bonchev–Trinajstić information content (AvgIpc) is 2.73. The second-order valence-corrected chi connectivity index (χ2v) is 6.69. The van der Waals surface area contributed by atoms with Crippen molar-refractivity contribution in [1.82, 2.24) is 4.98 Å². The molecule has 28 heavy (non-hydrogen) atoms. The van der Waals surface area contributed by atoms with Crippen molar-refractivity contribution in [3.8, 4) is 11.5 Å². The van der Waals surface area contributed by atoms with Gasteiger partial charge in [0.25, 0.3) is 0 Å². The Morgan fingerprint density at radius 2 is 1.75 bits per heavy atom. The second kappa shape index (κ2) is 7.37. The largest absolute Gasteiger partial charge is 0.497 e. The Morgan fingerprint density at radius 1 is 0.929 bits per heavy atom. The summed E-state index contributed by atoms with van der Waals surface area (Å²) in [6.07, 6.45) is 0. The highest BCUT2D eigenvalue weighted by molar-refractivity contribution is 6.09. The van der Waals surface area contributed by atoms with E-state index in [0.717, 1.165) is 55.8 Å². The molecular formula is C23H22N2O3. The molecule has 3 aromatic carbocycles. The van der Waals surface area contributed by atoms with Crippen LogP contribution in [0.4, 0.5) is 11.4 Å². The van der Waals surface area contributed by atoms with Crippen molar-refractivity contribution in [1.29, 1.82) is 0 Å². The number of nitrogens with one attached hydrogen (secondary N) is 1. The molecule has 0 saturated heterocycles. The summed E-state index contributed by atoms with van der Waals surface area (Å²) in [7, 11) is 3.32. The van der Waals surface area contributed by atoms with Gasteiger partial charge >= 0.3 is 0 Å². The minimum absolute atomic E-state index is 0.00575. The van der Waals surface area contributed by atoms with Crippen LogP contribution in [0.5, 0.6) is 11.5 Å². The molecule has 0 aliphatic carbocycles. The van der Waals surface area contributed by atoms with Gasteiger partial charge in [0.05, 0.1) is 37.5 Å². The van der Waals surface area contributed by atoms with E-state index in [4.69, 9.17) is 14.5 Å². The predicted molar refractivity (Wildman–Crippen MR) is 113 cm³/mol. The lowest BCUT2D eigenvalue weighted by Crippen LogP contribution is -1.98. The van der Waals surface area contributed by atoms with Gasteiger partial charge in [-0.3, -0.25) is 0 Å². The smallest absolute Gasteiger partial charge is 0.122 e. The summed E-state index contributed by atoms with van der Waals surface area (Å²) < 4.78 is 11.0. The van der Waals surface area contributed by atoms with Gasteiger partial charge in [-0.05, 0) is 60.5 Å². The van der Waals surface area contributed by atoms with Crippen molar-refractivity contribution in [2.45, 2.75) is 13.5 Å². The zero-order chi connectivity index (χ0) is 19.7. The molecule has 0 aliphatic rings. The van der Waals surface area contributed by atoms with Gasteiger partial charge in [-0.1, -0.05) is 12.1 Å². The summed E-state index contributed by atoms with van der Waals surface area (Å²) in [4.78, 5) is 4.83. The van der Waals surface area contributed by atoms with Gasteiger partial charge in [-0.2, -0.15) is 0 Å². The first-order chi connectivity index (χ1) is 13.6. The van der Waals surface area contributed by atoms with Gasteiger partial charge in [0.1, 0.15) is 11.5 Å². The van der Waals surface area contributed by atoms with Crippen LogP contribution in [0.25, 0.3) is 21.8 Å². The normalized spacial score (nSPS) is 11.0. The summed E-state index contributed by atoms with van der Waals surface area (Å²) in [5.74, 6) is 1.57. The third-order valence-electron chi connectivity index (χ3n) is 4.88. The van der Waals surface area contributed by atoms with Crippen molar-refractivity contribution in [3.05, 3.63) is 65.7 Å². The van der Waals surface area contributed by atoms with Crippen LogP contribution in [-0.4, -0.2) is 24.3 Å². The lowest BCUT2D eigenvalue weighted by atomic mass is 10.0. The molecule has 5 nitrogen and oxygen atoms in total. The number of methoxy groups -OCH3 is 2. The number of pyridine rings is 1. The average molecular weight is 374 g/mol. The van der Waals surface area contributed by atoms with Crippen molar-refractivity contribution >= 4 is 33.2 Å². The minimum atomic E-state index is -0.00575. The van der Waals surface area contributed by atoms with Crippen LogP contribution in [0.3, 0.4) is 0 Å². The van der Waals surface area contributed by atoms with E-state index >= 15 is 0 Å². The fourth-order valence-corrected chi connectivity index (χ4v) is 3.43. The van der Waals surface area contributed by atoms with Gasteiger partial charge in [0.15, 0.2) is 0 Å². The first kappa shape index (κ1) is 18.1. The topological polar surface area (TPSA) is 63.6 Å². The molecular weight excluding hydrogens is 352 g/mol. The number of fused-ring (bicyclic) bond motifs is 2. The summed E-state index contributed by atoms with van der Waals surface area (Å²) in [6, 6.07) is 17.6. The SMILES string of the molecule is COc1ccc2nc3cc(C)c(OC)cc3c(Nc3cccc(CO)c3)c2c1. The van der Waals surface area contributed by atoms with Gasteiger partial charge in [0, 0.05) is 16.5 Å². The Morgan fingerprint density at radius 3 is 2.50 bits per heavy atom. The number of hydrogen-bond donors (Lipinski definition) is 2. The van der Waals surface area contributed by atoms with Gasteiger partial charge in [-0.15, -0.1) is 0 Å². The molecule has 0 atom stereocenters. The minimum Gasteiger partial charge on any atom is -0.497 e. The van der Waals surface area contributed by atoms with E-state index in [9.17, 15) is 5.11 Å². The molecule has 0 amide bonds. The first-order valence-electron chi connectivity index (χ1n) is 9.06. The maximum Gasteiger partial charge on any atom is 0.122 e. The number of anilines is 2. The Balaban J connectivity index is 2.01. The number of aromatic nitrogens is 1. The molecule has 0 bridgehead atoms. The standard InChI is InChI=1S/C23H22N2O3/c1-14-9-21-19(12-22(14)28-3)23(24-16-6-4-5-15(10-16)13-26)18-11-17(27-2)7-8-20(18)25-21/h4-12,26H,13H2,1-3H3,(H,24,25). The summed E-state index contributed by atoms with van der Waals surface area (Å²) in [6.45, 7) is 2.00. The molecule has 0 fully saturated rings. The van der Waals surface area contributed by atoms with E-state index < -0.39 is 0 Å². The maximum atomic E-state index is 9.47. The second-order valence-electron chi connectivity index (χ2n) is 6.69. The number of nitrogens with zero attached hydrogens (tertiary/aromatic N) is 1. The monoisotopic (exact) mass is 374 g/mol. The van der Waals surface area contributed by atoms with Gasteiger partial charge < -0.3 is 19.9 Å². The van der Waals surface area contributed by atoms with Crippen LogP contribution in [0.15, 0.2) is 54.6 Å². The van der Waals surface area contributed by atoms with Crippen LogP contribution >= 0.6 is 0 Å². The summed E-state index contributed by atoms with van der Waals surface area (Å²) in [5.41, 5.74) is 5.45. The van der Waals surface area contributed by atoms with E-state index in [1.165, 1.54) is 0 Å². The van der Waals surface area contributed by atoms with Crippen LogP contribution < -0.4 is 14.8 Å². The Bertz CT molecular complexity index is 1170. The lowest BCUT2D eigenvalue weighted by Gasteiger charge is -2.16. The molecule has 4 rings (SSSR count). The molecule has 4 aromatic rings. The lowest BCUT2D eigenvalue weighted by molar-refractivity contribution is 0.282. The van der Waals surface area contributed by atoms with Crippen molar-refractivity contribution in [3.63, 3.8) is 0 Å². The van der Waals surface area contributed by atoms with Crippen LogP contribution in [-0.2, 0) is 6.61 Å². The molecule has 5 heteroatoms. The highest BCUT2D eigenvalue weighted by atomic mass is 16.5. The summed E-state index contributed by atoms with van der Waals surface area (Å²) >= 11 is 0. The third-order valence-corrected chi connectivity index (χ3v) is 4.88. The molecule has 0 spiro atoms. The number of aliphatic hydroxyl groups is 1. The van der Waals surface area contributed by atoms with Crippen LogP contribution in [0.2, 0.25) is 0 Å². The highest BCUT2D eigenvalue weighted by Crippen LogP contribution is 2.37. The molecule has 1 aromatic heterocycles. The molecule has 0 radical (unpaired) electrons. The van der Waals surface area contributed by atoms with E-state index in [-0.39, 0.29) is 6.61 Å². The molecule has 142 valence electrons. The van der Waals surface area contributed by atoms with Gasteiger partial charge in [-0.25, -0.2) is 4.98 Å². The third kappa shape index (κ3) is 3.21. The molecule has 2 N–H and O–H groups in total. The van der Waals surface area contributed by atoms with E-state index in [1.807, 2.05) is 61.5 Å². The zero-order valence-electron chi connectivity index (χ0n) is 16.1. The molecule has 0 unspecified atom stereocenters. The molecule has 0 aliphatic heterocycles.